The van der Waals surface area contributed by atoms with Gasteiger partial charge in [-0.3, -0.25) is 0 Å². The summed E-state index contributed by atoms with van der Waals surface area (Å²) in [6, 6.07) is 18.3. The molecule has 0 saturated carbocycles. The molecule has 172 valence electrons. The Morgan fingerprint density at radius 1 is 1.03 bits per heavy atom. The average Bonchev–Trinajstić information content (AvgIpc) is 2.75. The predicted molar refractivity (Wildman–Crippen MR) is 137 cm³/mol. The molecule has 33 heavy (non-hydrogen) atoms. The van der Waals surface area contributed by atoms with Crippen molar-refractivity contribution in [2.45, 2.75) is 38.2 Å². The molecule has 4 N–H and O–H groups in total. The normalized spacial score (nSPS) is 13.8. The van der Waals surface area contributed by atoms with E-state index in [9.17, 15) is 13.9 Å². The molecule has 1 atom stereocenters. The van der Waals surface area contributed by atoms with Gasteiger partial charge in [-0.05, 0) is 86.4 Å². The number of allylic oxidation sites excluding steroid dienone is 1. The van der Waals surface area contributed by atoms with Crippen molar-refractivity contribution in [3.63, 3.8) is 0 Å². The van der Waals surface area contributed by atoms with Gasteiger partial charge in [0.25, 0.3) is 0 Å². The molecule has 0 radical (unpaired) electrons. The molecule has 7 heteroatoms. The fourth-order valence-corrected chi connectivity index (χ4v) is 4.02. The minimum atomic E-state index is -2.05. The molecule has 3 rings (SSSR count). The lowest BCUT2D eigenvalue weighted by molar-refractivity contribution is 0.118. The fraction of sp³-hybridized carbons (Fsp3) is 0.192. The van der Waals surface area contributed by atoms with Crippen molar-refractivity contribution in [3.8, 4) is 11.1 Å². The Kier molecular flexibility index (Phi) is 7.55. The summed E-state index contributed by atoms with van der Waals surface area (Å²) in [5, 5.41) is 10.9. The van der Waals surface area contributed by atoms with Crippen molar-refractivity contribution < 1.29 is 13.9 Å². The van der Waals surface area contributed by atoms with Crippen molar-refractivity contribution >= 4 is 34.1 Å². The Morgan fingerprint density at radius 2 is 1.67 bits per heavy atom. The number of nitrogens with zero attached hydrogens (tertiary/aromatic N) is 1. The second-order valence-corrected chi connectivity index (χ2v) is 9.75. The van der Waals surface area contributed by atoms with E-state index in [-0.39, 0.29) is 5.70 Å². The topological polar surface area (TPSA) is 95.9 Å². The third-order valence-electron chi connectivity index (χ3n) is 5.24. The van der Waals surface area contributed by atoms with Gasteiger partial charge in [0.1, 0.15) is 0 Å². The maximum atomic E-state index is 11.5. The van der Waals surface area contributed by atoms with Crippen LogP contribution < -0.4 is 5.73 Å². The van der Waals surface area contributed by atoms with Crippen LogP contribution in [0.2, 0.25) is 5.02 Å². The molecule has 0 aliphatic rings. The highest BCUT2D eigenvalue weighted by Gasteiger charge is 2.18. The summed E-state index contributed by atoms with van der Waals surface area (Å²) in [7, 11) is 0. The van der Waals surface area contributed by atoms with Crippen molar-refractivity contribution in [1.82, 2.24) is 0 Å². The molecule has 3 aromatic carbocycles. The summed E-state index contributed by atoms with van der Waals surface area (Å²) in [6.45, 7) is 7.14. The Labute approximate surface area is 201 Å². The van der Waals surface area contributed by atoms with Crippen LogP contribution in [0, 0.1) is 13.8 Å². The highest BCUT2D eigenvalue weighted by Crippen LogP contribution is 2.32. The van der Waals surface area contributed by atoms with Gasteiger partial charge in [-0.2, -0.15) is 0 Å². The van der Waals surface area contributed by atoms with E-state index in [1.54, 1.807) is 44.2 Å². The summed E-state index contributed by atoms with van der Waals surface area (Å²) in [5.74, 6) is 0. The molecule has 3 aromatic rings. The maximum absolute atomic E-state index is 11.5. The quantitative estimate of drug-likeness (QED) is 0.299. The van der Waals surface area contributed by atoms with Gasteiger partial charge in [0.05, 0.1) is 21.9 Å². The Morgan fingerprint density at radius 3 is 2.24 bits per heavy atom. The van der Waals surface area contributed by atoms with Crippen LogP contribution in [0.15, 0.2) is 82.3 Å². The van der Waals surface area contributed by atoms with Crippen molar-refractivity contribution in [2.75, 3.05) is 0 Å². The minimum absolute atomic E-state index is 0.266. The van der Waals surface area contributed by atoms with Gasteiger partial charge in [0.15, 0.2) is 11.1 Å². The first-order valence-corrected chi connectivity index (χ1v) is 11.8. The zero-order valence-electron chi connectivity index (χ0n) is 19.0. The molecule has 0 aromatic heterocycles. The van der Waals surface area contributed by atoms with Crippen molar-refractivity contribution in [1.29, 1.82) is 0 Å². The first-order chi connectivity index (χ1) is 15.5. The van der Waals surface area contributed by atoms with E-state index < -0.39 is 16.7 Å². The molecular weight excluding hydrogens is 456 g/mol. The molecule has 0 saturated heterocycles. The third-order valence-corrected chi connectivity index (χ3v) is 6.23. The molecule has 0 aliphatic heterocycles. The van der Waals surface area contributed by atoms with E-state index in [0.717, 1.165) is 27.9 Å². The van der Waals surface area contributed by atoms with Crippen LogP contribution >= 0.6 is 11.6 Å². The number of aliphatic imine (C=N–C) groups is 1. The summed E-state index contributed by atoms with van der Waals surface area (Å²) in [4.78, 5) is 5.24. The number of hydrogen-bond donors (Lipinski definition) is 3. The highest BCUT2D eigenvalue weighted by molar-refractivity contribution is 7.79. The number of benzene rings is 3. The first kappa shape index (κ1) is 24.9. The molecule has 1 unspecified atom stereocenters. The lowest BCUT2D eigenvalue weighted by Crippen LogP contribution is -2.28. The van der Waals surface area contributed by atoms with Gasteiger partial charge in [-0.15, -0.1) is 0 Å². The lowest BCUT2D eigenvalue weighted by Gasteiger charge is -2.19. The monoisotopic (exact) mass is 482 g/mol. The molecule has 0 bridgehead atoms. The van der Waals surface area contributed by atoms with E-state index in [4.69, 9.17) is 22.3 Å². The summed E-state index contributed by atoms with van der Waals surface area (Å²) >= 11 is 4.40. The number of hydrogen-bond acceptors (Lipinski definition) is 4. The lowest BCUT2D eigenvalue weighted by atomic mass is 9.98. The van der Waals surface area contributed by atoms with Gasteiger partial charge < -0.3 is 15.4 Å². The Bertz CT molecular complexity index is 1250. The zero-order valence-corrected chi connectivity index (χ0v) is 20.5. The number of aliphatic hydroxyl groups is 1. The number of rotatable bonds is 6. The fourth-order valence-electron chi connectivity index (χ4n) is 3.37. The molecule has 0 fully saturated rings. The van der Waals surface area contributed by atoms with Crippen LogP contribution in [0.1, 0.15) is 30.5 Å². The van der Waals surface area contributed by atoms with Gasteiger partial charge >= 0.3 is 0 Å². The van der Waals surface area contributed by atoms with Gasteiger partial charge in [-0.25, -0.2) is 9.20 Å². The van der Waals surface area contributed by atoms with Crippen LogP contribution in [-0.4, -0.2) is 25.2 Å². The highest BCUT2D eigenvalue weighted by atomic mass is 35.5. The summed E-state index contributed by atoms with van der Waals surface area (Å²) in [6.07, 6.45) is 1.65. The molecular formula is C26H27ClN2O3S. The Hall–Kier alpha value is -2.77. The molecule has 0 aliphatic carbocycles. The van der Waals surface area contributed by atoms with E-state index in [1.165, 1.54) is 0 Å². The summed E-state index contributed by atoms with van der Waals surface area (Å²) < 4.78 is 20.9. The van der Waals surface area contributed by atoms with E-state index in [0.29, 0.717) is 21.2 Å². The van der Waals surface area contributed by atoms with Crippen molar-refractivity contribution in [2.24, 2.45) is 10.7 Å². The van der Waals surface area contributed by atoms with Crippen LogP contribution in [0.3, 0.4) is 0 Å². The third kappa shape index (κ3) is 5.97. The van der Waals surface area contributed by atoms with E-state index in [2.05, 4.69) is 0 Å². The number of nitrogens with two attached hydrogens (primary N) is 1. The second kappa shape index (κ2) is 10.0. The average molecular weight is 483 g/mol. The largest absolute Gasteiger partial charge is 0.400 e. The van der Waals surface area contributed by atoms with Crippen LogP contribution in [0.5, 0.6) is 0 Å². The minimum Gasteiger partial charge on any atom is -0.400 e. The standard InChI is InChI=1S/C26H27ClN2O3S/c1-16-12-19(18-8-7-9-20(14-18)33(31)32)13-17(2)25(16)29-23(15-24(28)26(3,4)30)21-10-5-6-11-22(21)27/h5-15,30H,28H2,1-4H3,(H,31,32). The molecule has 0 amide bonds. The molecule has 0 spiro atoms. The number of aryl methyl sites for hydroxylation is 2. The molecule has 0 heterocycles. The van der Waals surface area contributed by atoms with E-state index in [1.807, 2.05) is 50.2 Å². The zero-order chi connectivity index (χ0) is 24.3. The van der Waals surface area contributed by atoms with Gasteiger partial charge in [-0.1, -0.05) is 41.9 Å². The summed E-state index contributed by atoms with van der Waals surface area (Å²) in [5.41, 5.74) is 10.8. The second-order valence-electron chi connectivity index (χ2n) is 8.37. The van der Waals surface area contributed by atoms with Gasteiger partial charge in [0, 0.05) is 16.3 Å². The Balaban J connectivity index is 2.16. The predicted octanol–water partition coefficient (Wildman–Crippen LogP) is 5.94. The smallest absolute Gasteiger partial charge is 0.186 e. The van der Waals surface area contributed by atoms with Crippen LogP contribution in [0.4, 0.5) is 5.69 Å². The SMILES string of the molecule is Cc1cc(-c2cccc(S(=O)O)c2)cc(C)c1N=C(C=C(N)C(C)(C)O)c1ccccc1Cl. The van der Waals surface area contributed by atoms with E-state index >= 15 is 0 Å². The first-order valence-electron chi connectivity index (χ1n) is 10.3. The van der Waals surface area contributed by atoms with Crippen LogP contribution in [-0.2, 0) is 11.1 Å². The maximum Gasteiger partial charge on any atom is 0.186 e. The molecule has 5 nitrogen and oxygen atoms in total. The van der Waals surface area contributed by atoms with Crippen LogP contribution in [0.25, 0.3) is 11.1 Å². The number of halogens is 1. The van der Waals surface area contributed by atoms with Gasteiger partial charge in [0.2, 0.25) is 0 Å². The van der Waals surface area contributed by atoms with Crippen molar-refractivity contribution in [3.05, 3.63) is 94.1 Å².